The highest BCUT2D eigenvalue weighted by atomic mass is 16.5. The van der Waals surface area contributed by atoms with Crippen LogP contribution in [0.15, 0.2) is 57.7 Å². The van der Waals surface area contributed by atoms with Gasteiger partial charge in [-0.05, 0) is 43.3 Å². The first-order valence-corrected chi connectivity index (χ1v) is 7.77. The van der Waals surface area contributed by atoms with Crippen molar-refractivity contribution < 1.29 is 24.2 Å². The lowest BCUT2D eigenvalue weighted by molar-refractivity contribution is 0.0844. The molecule has 0 saturated heterocycles. The van der Waals surface area contributed by atoms with Crippen molar-refractivity contribution in [3.05, 3.63) is 75.6 Å². The molecule has 140 valence electrons. The van der Waals surface area contributed by atoms with Crippen molar-refractivity contribution in [2.75, 3.05) is 7.11 Å². The van der Waals surface area contributed by atoms with Crippen LogP contribution in [0.1, 0.15) is 26.3 Å². The molecular formula is C19H18N2O6. The summed E-state index contributed by atoms with van der Waals surface area (Å²) in [5.74, 6) is -0.705. The standard InChI is InChI=1S/C19H16N2O5.H2O/c1-11-4-3-5-12(8-11)17(22)20-21-18(23)15-10-13-9-14(25-2)6-7-16(13)26-19(15)24;/h3-10H,1-2H3,(H,20,22)(H,21,23);1H2. The minimum absolute atomic E-state index is 0. The summed E-state index contributed by atoms with van der Waals surface area (Å²) in [4.78, 5) is 36.3. The van der Waals surface area contributed by atoms with E-state index in [1.807, 2.05) is 13.0 Å². The molecule has 2 aromatic carbocycles. The van der Waals surface area contributed by atoms with Crippen LogP contribution in [0.2, 0.25) is 0 Å². The minimum atomic E-state index is -0.801. The number of nitrogens with one attached hydrogen (secondary N) is 2. The van der Waals surface area contributed by atoms with Crippen LogP contribution in [0.25, 0.3) is 11.0 Å². The zero-order chi connectivity index (χ0) is 18.7. The summed E-state index contributed by atoms with van der Waals surface area (Å²) in [6.45, 7) is 1.85. The Morgan fingerprint density at radius 1 is 1.00 bits per heavy atom. The molecule has 0 aliphatic rings. The fourth-order valence-electron chi connectivity index (χ4n) is 2.43. The van der Waals surface area contributed by atoms with E-state index in [4.69, 9.17) is 9.15 Å². The maximum Gasteiger partial charge on any atom is 0.349 e. The molecule has 0 aliphatic heterocycles. The lowest BCUT2D eigenvalue weighted by Crippen LogP contribution is -2.43. The third-order valence-corrected chi connectivity index (χ3v) is 3.75. The Kier molecular flexibility index (Phi) is 5.94. The molecule has 0 fully saturated rings. The summed E-state index contributed by atoms with van der Waals surface area (Å²) < 4.78 is 10.2. The van der Waals surface area contributed by atoms with Gasteiger partial charge < -0.3 is 14.6 Å². The zero-order valence-electron chi connectivity index (χ0n) is 14.7. The van der Waals surface area contributed by atoms with Gasteiger partial charge in [0, 0.05) is 10.9 Å². The second-order valence-corrected chi connectivity index (χ2v) is 5.63. The average Bonchev–Trinajstić information content (AvgIpc) is 2.64. The normalized spacial score (nSPS) is 10.0. The highest BCUT2D eigenvalue weighted by Gasteiger charge is 2.15. The van der Waals surface area contributed by atoms with Crippen molar-refractivity contribution in [2.45, 2.75) is 6.92 Å². The van der Waals surface area contributed by atoms with E-state index in [0.717, 1.165) is 5.56 Å². The van der Waals surface area contributed by atoms with Gasteiger partial charge in [-0.3, -0.25) is 20.4 Å². The second kappa shape index (κ2) is 8.15. The number of aryl methyl sites for hydroxylation is 1. The summed E-state index contributed by atoms with van der Waals surface area (Å²) in [6, 6.07) is 13.1. The van der Waals surface area contributed by atoms with E-state index in [1.54, 1.807) is 36.4 Å². The summed E-state index contributed by atoms with van der Waals surface area (Å²) in [5.41, 5.74) is 5.10. The fraction of sp³-hybridized carbons (Fsp3) is 0.105. The Morgan fingerprint density at radius 3 is 2.44 bits per heavy atom. The Hall–Kier alpha value is -3.65. The van der Waals surface area contributed by atoms with Crippen LogP contribution in [-0.2, 0) is 0 Å². The van der Waals surface area contributed by atoms with Crippen LogP contribution < -0.4 is 21.2 Å². The Bertz CT molecular complexity index is 1060. The van der Waals surface area contributed by atoms with Crippen molar-refractivity contribution in [1.29, 1.82) is 0 Å². The number of hydrazine groups is 1. The molecule has 0 spiro atoms. The maximum atomic E-state index is 12.2. The van der Waals surface area contributed by atoms with E-state index in [2.05, 4.69) is 10.9 Å². The molecule has 8 heteroatoms. The van der Waals surface area contributed by atoms with Gasteiger partial charge in [-0.25, -0.2) is 4.79 Å². The van der Waals surface area contributed by atoms with Gasteiger partial charge in [-0.2, -0.15) is 0 Å². The first-order chi connectivity index (χ1) is 12.5. The van der Waals surface area contributed by atoms with Gasteiger partial charge in [-0.1, -0.05) is 17.7 Å². The third-order valence-electron chi connectivity index (χ3n) is 3.75. The fourth-order valence-corrected chi connectivity index (χ4v) is 2.43. The van der Waals surface area contributed by atoms with E-state index in [1.165, 1.54) is 13.2 Å². The molecule has 3 rings (SSSR count). The molecule has 1 heterocycles. The summed E-state index contributed by atoms with van der Waals surface area (Å²) >= 11 is 0. The van der Waals surface area contributed by atoms with Crippen molar-refractivity contribution in [3.8, 4) is 5.75 Å². The van der Waals surface area contributed by atoms with Crippen molar-refractivity contribution >= 4 is 22.8 Å². The predicted molar refractivity (Wildman–Crippen MR) is 98.8 cm³/mol. The molecule has 4 N–H and O–H groups in total. The van der Waals surface area contributed by atoms with Crippen LogP contribution >= 0.6 is 0 Å². The smallest absolute Gasteiger partial charge is 0.349 e. The van der Waals surface area contributed by atoms with E-state index in [9.17, 15) is 14.4 Å². The van der Waals surface area contributed by atoms with Gasteiger partial charge in [0.25, 0.3) is 11.8 Å². The van der Waals surface area contributed by atoms with Crippen molar-refractivity contribution in [1.82, 2.24) is 10.9 Å². The quantitative estimate of drug-likeness (QED) is 0.531. The highest BCUT2D eigenvalue weighted by Crippen LogP contribution is 2.20. The molecule has 27 heavy (non-hydrogen) atoms. The number of benzene rings is 2. The van der Waals surface area contributed by atoms with Gasteiger partial charge in [0.15, 0.2) is 0 Å². The minimum Gasteiger partial charge on any atom is -0.497 e. The number of carbonyl (C=O) groups is 2. The van der Waals surface area contributed by atoms with Gasteiger partial charge in [0.2, 0.25) is 0 Å². The second-order valence-electron chi connectivity index (χ2n) is 5.63. The highest BCUT2D eigenvalue weighted by molar-refractivity contribution is 6.00. The van der Waals surface area contributed by atoms with Crippen LogP contribution in [-0.4, -0.2) is 24.4 Å². The van der Waals surface area contributed by atoms with E-state index in [0.29, 0.717) is 22.3 Å². The molecule has 0 atom stereocenters. The van der Waals surface area contributed by atoms with Crippen LogP contribution in [0.4, 0.5) is 0 Å². The SMILES string of the molecule is COc1ccc2oc(=O)c(C(=O)NNC(=O)c3cccc(C)c3)cc2c1.O. The van der Waals surface area contributed by atoms with Gasteiger partial charge in [0.1, 0.15) is 16.9 Å². The number of methoxy groups -OCH3 is 1. The molecule has 0 saturated carbocycles. The summed E-state index contributed by atoms with van der Waals surface area (Å²) in [7, 11) is 1.51. The molecular weight excluding hydrogens is 352 g/mol. The maximum absolute atomic E-state index is 12.2. The molecule has 8 nitrogen and oxygen atoms in total. The topological polar surface area (TPSA) is 129 Å². The predicted octanol–water partition coefficient (Wildman–Crippen LogP) is 1.36. The summed E-state index contributed by atoms with van der Waals surface area (Å²) in [6.07, 6.45) is 0. The third kappa shape index (κ3) is 4.31. The average molecular weight is 370 g/mol. The monoisotopic (exact) mass is 370 g/mol. The number of hydrogen-bond donors (Lipinski definition) is 2. The number of fused-ring (bicyclic) bond motifs is 1. The van der Waals surface area contributed by atoms with E-state index < -0.39 is 17.4 Å². The van der Waals surface area contributed by atoms with Crippen molar-refractivity contribution in [2.24, 2.45) is 0 Å². The van der Waals surface area contributed by atoms with Crippen LogP contribution in [0, 0.1) is 6.92 Å². The molecule has 0 aliphatic carbocycles. The molecule has 3 aromatic rings. The lowest BCUT2D eigenvalue weighted by Gasteiger charge is -2.08. The van der Waals surface area contributed by atoms with E-state index >= 15 is 0 Å². The Morgan fingerprint density at radius 2 is 1.74 bits per heavy atom. The lowest BCUT2D eigenvalue weighted by atomic mass is 10.1. The van der Waals surface area contributed by atoms with Gasteiger partial charge in [0.05, 0.1) is 7.11 Å². The number of rotatable bonds is 3. The number of hydrogen-bond acceptors (Lipinski definition) is 5. The van der Waals surface area contributed by atoms with Gasteiger partial charge in [-0.15, -0.1) is 0 Å². The number of amides is 2. The molecule has 1 aromatic heterocycles. The Labute approximate surface area is 154 Å². The molecule has 0 radical (unpaired) electrons. The number of carbonyl (C=O) groups excluding carboxylic acids is 2. The van der Waals surface area contributed by atoms with Crippen LogP contribution in [0.5, 0.6) is 5.75 Å². The number of ether oxygens (including phenoxy) is 1. The summed E-state index contributed by atoms with van der Waals surface area (Å²) in [5, 5.41) is 0.527. The van der Waals surface area contributed by atoms with Crippen LogP contribution in [0.3, 0.4) is 0 Å². The Balaban J connectivity index is 0.00000261. The first-order valence-electron chi connectivity index (χ1n) is 7.77. The molecule has 0 bridgehead atoms. The molecule has 0 unspecified atom stereocenters. The first kappa shape index (κ1) is 19.7. The van der Waals surface area contributed by atoms with E-state index in [-0.39, 0.29) is 11.0 Å². The zero-order valence-corrected chi connectivity index (χ0v) is 14.7. The molecule has 2 amide bonds. The largest absolute Gasteiger partial charge is 0.497 e. The van der Waals surface area contributed by atoms with Crippen molar-refractivity contribution in [3.63, 3.8) is 0 Å². The van der Waals surface area contributed by atoms with Gasteiger partial charge >= 0.3 is 5.63 Å².